The zero-order chi connectivity index (χ0) is 13.8. The normalized spacial score (nSPS) is 13.6. The van der Waals surface area contributed by atoms with Gasteiger partial charge in [-0.3, -0.25) is 16.0 Å². The maximum absolute atomic E-state index is 11.4. The van der Waals surface area contributed by atoms with E-state index < -0.39 is 15.9 Å². The van der Waals surface area contributed by atoms with Gasteiger partial charge in [0.25, 0.3) is 0 Å². The van der Waals surface area contributed by atoms with Gasteiger partial charge in [-0.2, -0.15) is 5.10 Å². The molecule has 8 heteroatoms. The first kappa shape index (κ1) is 14.9. The highest BCUT2D eigenvalue weighted by Crippen LogP contribution is 2.25. The van der Waals surface area contributed by atoms with Gasteiger partial charge in [0, 0.05) is 12.8 Å². The summed E-state index contributed by atoms with van der Waals surface area (Å²) >= 11 is 0. The van der Waals surface area contributed by atoms with Crippen LogP contribution in [0.25, 0.3) is 0 Å². The first-order valence-electron chi connectivity index (χ1n) is 5.66. The van der Waals surface area contributed by atoms with Gasteiger partial charge in [0.05, 0.1) is 30.8 Å². The van der Waals surface area contributed by atoms with E-state index in [1.807, 2.05) is 6.92 Å². The maximum atomic E-state index is 11.4. The summed E-state index contributed by atoms with van der Waals surface area (Å²) in [6, 6.07) is -0.538. The van der Waals surface area contributed by atoms with Gasteiger partial charge in [-0.15, -0.1) is 0 Å². The highest BCUT2D eigenvalue weighted by Gasteiger charge is 2.24. The molecule has 0 aliphatic carbocycles. The molecule has 1 atom stereocenters. The van der Waals surface area contributed by atoms with Crippen LogP contribution in [-0.4, -0.2) is 37.3 Å². The van der Waals surface area contributed by atoms with Crippen LogP contribution in [0.2, 0.25) is 0 Å². The molecule has 7 nitrogen and oxygen atoms in total. The fraction of sp³-hybridized carbons (Fsp3) is 0.700. The van der Waals surface area contributed by atoms with E-state index in [0.717, 1.165) is 6.42 Å². The SMILES string of the molecule is CCCn1ncc(OC)c1C(CS(C)(=O)=O)NN. The number of rotatable bonds is 7. The summed E-state index contributed by atoms with van der Waals surface area (Å²) in [5, 5.41) is 4.18. The molecule has 0 saturated carbocycles. The molecule has 0 spiro atoms. The van der Waals surface area contributed by atoms with Crippen molar-refractivity contribution in [3.8, 4) is 5.75 Å². The van der Waals surface area contributed by atoms with Crippen molar-refractivity contribution in [2.24, 2.45) is 5.84 Å². The fourth-order valence-electron chi connectivity index (χ4n) is 1.79. The van der Waals surface area contributed by atoms with E-state index in [1.165, 1.54) is 13.4 Å². The number of nitrogens with two attached hydrogens (primary N) is 1. The lowest BCUT2D eigenvalue weighted by Gasteiger charge is -2.18. The Bertz CT molecular complexity index is 483. The van der Waals surface area contributed by atoms with Crippen molar-refractivity contribution in [2.75, 3.05) is 19.1 Å². The van der Waals surface area contributed by atoms with Crippen molar-refractivity contribution in [3.05, 3.63) is 11.9 Å². The van der Waals surface area contributed by atoms with Crippen LogP contribution in [0, 0.1) is 0 Å². The van der Waals surface area contributed by atoms with Crippen molar-refractivity contribution in [3.63, 3.8) is 0 Å². The summed E-state index contributed by atoms with van der Waals surface area (Å²) in [4.78, 5) is 0. The van der Waals surface area contributed by atoms with E-state index in [-0.39, 0.29) is 5.75 Å². The van der Waals surface area contributed by atoms with Gasteiger partial charge in [0.2, 0.25) is 0 Å². The minimum Gasteiger partial charge on any atom is -0.493 e. The molecular formula is C10H20N4O3S. The smallest absolute Gasteiger partial charge is 0.161 e. The third kappa shape index (κ3) is 3.69. The quantitative estimate of drug-likeness (QED) is 0.531. The van der Waals surface area contributed by atoms with Gasteiger partial charge < -0.3 is 4.74 Å². The Morgan fingerprint density at radius 3 is 2.72 bits per heavy atom. The molecule has 3 N–H and O–H groups in total. The standard InChI is InChI=1S/C10H20N4O3S/c1-4-5-14-10(9(17-2)6-12-14)8(13-11)7-18(3,15)16/h6,8,13H,4-5,7,11H2,1-3H3. The number of aryl methyl sites for hydroxylation is 1. The molecule has 1 aromatic heterocycles. The molecule has 18 heavy (non-hydrogen) atoms. The molecule has 1 rings (SSSR count). The lowest BCUT2D eigenvalue weighted by Crippen LogP contribution is -2.34. The monoisotopic (exact) mass is 276 g/mol. The third-order valence-electron chi connectivity index (χ3n) is 2.50. The number of hydrazine groups is 1. The molecule has 0 aliphatic rings. The number of aromatic nitrogens is 2. The summed E-state index contributed by atoms with van der Waals surface area (Å²) in [5.74, 6) is 5.88. The summed E-state index contributed by atoms with van der Waals surface area (Å²) in [6.45, 7) is 2.69. The highest BCUT2D eigenvalue weighted by molar-refractivity contribution is 7.90. The number of hydrogen-bond donors (Lipinski definition) is 2. The van der Waals surface area contributed by atoms with Gasteiger partial charge in [0.15, 0.2) is 5.75 Å². The van der Waals surface area contributed by atoms with E-state index in [2.05, 4.69) is 10.5 Å². The van der Waals surface area contributed by atoms with E-state index in [4.69, 9.17) is 10.6 Å². The third-order valence-corrected chi connectivity index (χ3v) is 3.44. The lowest BCUT2D eigenvalue weighted by atomic mass is 10.2. The lowest BCUT2D eigenvalue weighted by molar-refractivity contribution is 0.395. The van der Waals surface area contributed by atoms with Crippen molar-refractivity contribution in [2.45, 2.75) is 25.9 Å². The second-order valence-electron chi connectivity index (χ2n) is 4.13. The minimum absolute atomic E-state index is 0.102. The van der Waals surface area contributed by atoms with Crippen molar-refractivity contribution in [1.82, 2.24) is 15.2 Å². The molecule has 0 aromatic carbocycles. The Morgan fingerprint density at radius 2 is 2.28 bits per heavy atom. The first-order valence-corrected chi connectivity index (χ1v) is 7.72. The van der Waals surface area contributed by atoms with Crippen LogP contribution in [0.5, 0.6) is 5.75 Å². The van der Waals surface area contributed by atoms with Gasteiger partial charge in [-0.25, -0.2) is 8.42 Å². The molecule has 0 bridgehead atoms. The summed E-state index contributed by atoms with van der Waals surface area (Å²) < 4.78 is 29.7. The zero-order valence-electron chi connectivity index (χ0n) is 10.9. The van der Waals surface area contributed by atoms with Gasteiger partial charge >= 0.3 is 0 Å². The molecular weight excluding hydrogens is 256 g/mol. The number of nitrogens with zero attached hydrogens (tertiary/aromatic N) is 2. The van der Waals surface area contributed by atoms with Crippen LogP contribution in [-0.2, 0) is 16.4 Å². The topological polar surface area (TPSA) is 99.2 Å². The average molecular weight is 276 g/mol. The van der Waals surface area contributed by atoms with Crippen LogP contribution in [0.4, 0.5) is 0 Å². The molecule has 0 radical (unpaired) electrons. The number of sulfone groups is 1. The Hall–Kier alpha value is -1.12. The molecule has 0 fully saturated rings. The average Bonchev–Trinajstić information content (AvgIpc) is 2.68. The van der Waals surface area contributed by atoms with Crippen LogP contribution >= 0.6 is 0 Å². The summed E-state index contributed by atoms with van der Waals surface area (Å²) in [6.07, 6.45) is 3.62. The molecule has 1 heterocycles. The zero-order valence-corrected chi connectivity index (χ0v) is 11.7. The van der Waals surface area contributed by atoms with E-state index in [0.29, 0.717) is 18.0 Å². The van der Waals surface area contributed by atoms with Crippen molar-refractivity contribution < 1.29 is 13.2 Å². The largest absolute Gasteiger partial charge is 0.493 e. The minimum atomic E-state index is -3.16. The fourth-order valence-corrected chi connectivity index (χ4v) is 2.64. The molecule has 0 aliphatic heterocycles. The van der Waals surface area contributed by atoms with Crippen LogP contribution in [0.15, 0.2) is 6.20 Å². The molecule has 104 valence electrons. The van der Waals surface area contributed by atoms with Crippen molar-refractivity contribution in [1.29, 1.82) is 0 Å². The number of ether oxygens (including phenoxy) is 1. The van der Waals surface area contributed by atoms with E-state index >= 15 is 0 Å². The number of methoxy groups -OCH3 is 1. The number of nitrogens with one attached hydrogen (secondary N) is 1. The van der Waals surface area contributed by atoms with Crippen LogP contribution in [0.1, 0.15) is 25.1 Å². The maximum Gasteiger partial charge on any atom is 0.161 e. The highest BCUT2D eigenvalue weighted by atomic mass is 32.2. The van der Waals surface area contributed by atoms with Crippen LogP contribution < -0.4 is 16.0 Å². The molecule has 1 aromatic rings. The van der Waals surface area contributed by atoms with Crippen molar-refractivity contribution >= 4 is 9.84 Å². The summed E-state index contributed by atoms with van der Waals surface area (Å²) in [5.41, 5.74) is 3.17. The Balaban J connectivity index is 3.13. The van der Waals surface area contributed by atoms with Gasteiger partial charge in [-0.05, 0) is 6.42 Å². The van der Waals surface area contributed by atoms with Crippen LogP contribution in [0.3, 0.4) is 0 Å². The second-order valence-corrected chi connectivity index (χ2v) is 6.32. The Labute approximate surface area is 107 Å². The number of hydrogen-bond acceptors (Lipinski definition) is 6. The molecule has 0 saturated heterocycles. The molecule has 0 amide bonds. The van der Waals surface area contributed by atoms with E-state index in [1.54, 1.807) is 10.9 Å². The predicted octanol–water partition coefficient (Wildman–Crippen LogP) is -0.149. The first-order chi connectivity index (χ1) is 8.42. The molecule has 1 unspecified atom stereocenters. The predicted molar refractivity (Wildman–Crippen MR) is 68.8 cm³/mol. The van der Waals surface area contributed by atoms with E-state index in [9.17, 15) is 8.42 Å². The van der Waals surface area contributed by atoms with Gasteiger partial charge in [-0.1, -0.05) is 6.92 Å². The Kier molecular flexibility index (Phi) is 5.12. The second kappa shape index (κ2) is 6.17. The Morgan fingerprint density at radius 1 is 1.61 bits per heavy atom. The van der Waals surface area contributed by atoms with Gasteiger partial charge in [0.1, 0.15) is 9.84 Å². The summed E-state index contributed by atoms with van der Waals surface area (Å²) in [7, 11) is -1.64.